The Balaban J connectivity index is 2.42. The molecule has 1 heterocycles. The van der Waals surface area contributed by atoms with Crippen LogP contribution in [0, 0.1) is 6.92 Å². The Morgan fingerprint density at radius 2 is 1.83 bits per heavy atom. The highest BCUT2D eigenvalue weighted by Crippen LogP contribution is 2.22. The standard InChI is InChI=1S/C14H18ClN3/c1-4-14(3,9-15)18-13-10(2)16-11-7-5-6-8-12(11)17-13/h5-8H,4,9H2,1-3H3,(H,17,18). The first kappa shape index (κ1) is 13.1. The minimum Gasteiger partial charge on any atom is -0.362 e. The van der Waals surface area contributed by atoms with E-state index in [0.29, 0.717) is 5.88 Å². The Hall–Kier alpha value is -1.35. The van der Waals surface area contributed by atoms with Crippen molar-refractivity contribution in [2.45, 2.75) is 32.7 Å². The number of rotatable bonds is 4. The summed E-state index contributed by atoms with van der Waals surface area (Å²) < 4.78 is 0. The summed E-state index contributed by atoms with van der Waals surface area (Å²) in [6.45, 7) is 6.17. The van der Waals surface area contributed by atoms with Gasteiger partial charge in [-0.3, -0.25) is 0 Å². The second kappa shape index (κ2) is 5.11. The first-order valence-electron chi connectivity index (χ1n) is 6.15. The molecule has 96 valence electrons. The van der Waals surface area contributed by atoms with Crippen LogP contribution in [0.2, 0.25) is 0 Å². The molecule has 0 spiro atoms. The fourth-order valence-electron chi connectivity index (χ4n) is 1.71. The molecule has 0 radical (unpaired) electrons. The van der Waals surface area contributed by atoms with E-state index in [2.05, 4.69) is 29.1 Å². The molecular weight excluding hydrogens is 246 g/mol. The first-order chi connectivity index (χ1) is 8.58. The van der Waals surface area contributed by atoms with Crippen LogP contribution in [0.25, 0.3) is 11.0 Å². The highest BCUT2D eigenvalue weighted by molar-refractivity contribution is 6.18. The van der Waals surface area contributed by atoms with Crippen LogP contribution in [0.5, 0.6) is 0 Å². The third-order valence-corrected chi connectivity index (χ3v) is 3.83. The van der Waals surface area contributed by atoms with Crippen LogP contribution in [0.1, 0.15) is 26.0 Å². The van der Waals surface area contributed by atoms with Gasteiger partial charge in [0, 0.05) is 11.4 Å². The van der Waals surface area contributed by atoms with E-state index in [9.17, 15) is 0 Å². The Morgan fingerprint density at radius 3 is 2.39 bits per heavy atom. The van der Waals surface area contributed by atoms with Crippen molar-refractivity contribution in [1.29, 1.82) is 0 Å². The lowest BCUT2D eigenvalue weighted by Gasteiger charge is -2.28. The molecule has 2 aromatic rings. The van der Waals surface area contributed by atoms with Gasteiger partial charge in [-0.25, -0.2) is 9.97 Å². The summed E-state index contributed by atoms with van der Waals surface area (Å²) in [5.74, 6) is 1.36. The van der Waals surface area contributed by atoms with Gasteiger partial charge in [-0.05, 0) is 32.4 Å². The van der Waals surface area contributed by atoms with Crippen molar-refractivity contribution in [1.82, 2.24) is 9.97 Å². The van der Waals surface area contributed by atoms with Gasteiger partial charge in [0.1, 0.15) is 5.82 Å². The molecule has 0 fully saturated rings. The molecule has 0 bridgehead atoms. The molecule has 0 saturated carbocycles. The third kappa shape index (κ3) is 2.56. The maximum atomic E-state index is 6.02. The molecule has 1 aromatic carbocycles. The topological polar surface area (TPSA) is 37.8 Å². The predicted molar refractivity (Wildman–Crippen MR) is 77.3 cm³/mol. The normalized spacial score (nSPS) is 14.4. The minimum atomic E-state index is -0.149. The van der Waals surface area contributed by atoms with Gasteiger partial charge in [0.05, 0.1) is 16.7 Å². The second-order valence-electron chi connectivity index (χ2n) is 4.82. The largest absolute Gasteiger partial charge is 0.362 e. The van der Waals surface area contributed by atoms with E-state index in [-0.39, 0.29) is 5.54 Å². The van der Waals surface area contributed by atoms with Crippen molar-refractivity contribution in [3.8, 4) is 0 Å². The lowest BCUT2D eigenvalue weighted by atomic mass is 10.0. The van der Waals surface area contributed by atoms with Gasteiger partial charge in [-0.15, -0.1) is 11.6 Å². The maximum Gasteiger partial charge on any atom is 0.148 e. The van der Waals surface area contributed by atoms with Crippen molar-refractivity contribution in [3.05, 3.63) is 30.0 Å². The van der Waals surface area contributed by atoms with E-state index >= 15 is 0 Å². The molecule has 2 rings (SSSR count). The van der Waals surface area contributed by atoms with Gasteiger partial charge in [0.2, 0.25) is 0 Å². The number of halogens is 1. The highest BCUT2D eigenvalue weighted by atomic mass is 35.5. The fourth-order valence-corrected chi connectivity index (χ4v) is 1.96. The van der Waals surface area contributed by atoms with Gasteiger partial charge < -0.3 is 5.32 Å². The van der Waals surface area contributed by atoms with Crippen molar-refractivity contribution >= 4 is 28.5 Å². The quantitative estimate of drug-likeness (QED) is 0.854. The summed E-state index contributed by atoms with van der Waals surface area (Å²) >= 11 is 6.02. The molecular formula is C14H18ClN3. The van der Waals surface area contributed by atoms with Crippen LogP contribution in [-0.4, -0.2) is 21.4 Å². The number of aryl methyl sites for hydroxylation is 1. The SMILES string of the molecule is CCC(C)(CCl)Nc1nc2ccccc2nc1C. The smallest absolute Gasteiger partial charge is 0.148 e. The first-order valence-corrected chi connectivity index (χ1v) is 6.69. The molecule has 0 amide bonds. The van der Waals surface area contributed by atoms with Crippen LogP contribution in [0.3, 0.4) is 0 Å². The number of nitrogens with one attached hydrogen (secondary N) is 1. The number of benzene rings is 1. The summed E-state index contributed by atoms with van der Waals surface area (Å²) in [5, 5.41) is 3.41. The molecule has 4 heteroatoms. The van der Waals surface area contributed by atoms with E-state index in [1.165, 1.54) is 0 Å². The van der Waals surface area contributed by atoms with E-state index in [1.807, 2.05) is 31.2 Å². The predicted octanol–water partition coefficient (Wildman–Crippen LogP) is 3.76. The summed E-state index contributed by atoms with van der Waals surface area (Å²) in [6, 6.07) is 7.88. The summed E-state index contributed by atoms with van der Waals surface area (Å²) in [6.07, 6.45) is 0.935. The van der Waals surface area contributed by atoms with Gasteiger partial charge in [0.15, 0.2) is 0 Å². The van der Waals surface area contributed by atoms with E-state index in [0.717, 1.165) is 29.0 Å². The zero-order valence-corrected chi connectivity index (χ0v) is 11.8. The van der Waals surface area contributed by atoms with Crippen molar-refractivity contribution in [3.63, 3.8) is 0 Å². The van der Waals surface area contributed by atoms with Crippen LogP contribution in [-0.2, 0) is 0 Å². The molecule has 1 atom stereocenters. The van der Waals surface area contributed by atoms with Crippen LogP contribution in [0.4, 0.5) is 5.82 Å². The Kier molecular flexibility index (Phi) is 3.71. The second-order valence-corrected chi connectivity index (χ2v) is 5.09. The number of aromatic nitrogens is 2. The van der Waals surface area contributed by atoms with Crippen molar-refractivity contribution in [2.75, 3.05) is 11.2 Å². The van der Waals surface area contributed by atoms with Crippen molar-refractivity contribution in [2.24, 2.45) is 0 Å². The molecule has 0 aliphatic carbocycles. The number of para-hydroxylation sites is 2. The van der Waals surface area contributed by atoms with E-state index < -0.39 is 0 Å². The van der Waals surface area contributed by atoms with E-state index in [1.54, 1.807) is 0 Å². The van der Waals surface area contributed by atoms with Gasteiger partial charge >= 0.3 is 0 Å². The minimum absolute atomic E-state index is 0.149. The number of anilines is 1. The third-order valence-electron chi connectivity index (χ3n) is 3.24. The number of fused-ring (bicyclic) bond motifs is 1. The molecule has 3 nitrogen and oxygen atoms in total. The number of hydrogen-bond donors (Lipinski definition) is 1. The van der Waals surface area contributed by atoms with Gasteiger partial charge in [-0.2, -0.15) is 0 Å². The van der Waals surface area contributed by atoms with Crippen LogP contribution < -0.4 is 5.32 Å². The summed E-state index contributed by atoms with van der Waals surface area (Å²) in [7, 11) is 0. The zero-order chi connectivity index (χ0) is 13.2. The Bertz CT molecular complexity index is 550. The van der Waals surface area contributed by atoms with E-state index in [4.69, 9.17) is 11.6 Å². The Labute approximate surface area is 113 Å². The lowest BCUT2D eigenvalue weighted by Crippen LogP contribution is -2.36. The number of nitrogens with zero attached hydrogens (tertiary/aromatic N) is 2. The van der Waals surface area contributed by atoms with Crippen LogP contribution in [0.15, 0.2) is 24.3 Å². The number of hydrogen-bond acceptors (Lipinski definition) is 3. The molecule has 0 aliphatic heterocycles. The molecule has 18 heavy (non-hydrogen) atoms. The Morgan fingerprint density at radius 1 is 1.22 bits per heavy atom. The molecule has 1 N–H and O–H groups in total. The fraction of sp³-hybridized carbons (Fsp3) is 0.429. The number of alkyl halides is 1. The summed E-state index contributed by atoms with van der Waals surface area (Å²) in [4.78, 5) is 9.18. The van der Waals surface area contributed by atoms with Gasteiger partial charge in [-0.1, -0.05) is 19.1 Å². The maximum absolute atomic E-state index is 6.02. The molecule has 0 aliphatic rings. The lowest BCUT2D eigenvalue weighted by molar-refractivity contribution is 0.550. The average Bonchev–Trinajstić information content (AvgIpc) is 2.39. The summed E-state index contributed by atoms with van der Waals surface area (Å²) in [5.41, 5.74) is 2.57. The van der Waals surface area contributed by atoms with Gasteiger partial charge in [0.25, 0.3) is 0 Å². The molecule has 1 unspecified atom stereocenters. The molecule has 0 saturated heterocycles. The average molecular weight is 264 g/mol. The molecule has 1 aromatic heterocycles. The monoisotopic (exact) mass is 263 g/mol. The highest BCUT2D eigenvalue weighted by Gasteiger charge is 2.22. The van der Waals surface area contributed by atoms with Crippen LogP contribution >= 0.6 is 11.6 Å². The zero-order valence-electron chi connectivity index (χ0n) is 11.0. The van der Waals surface area contributed by atoms with Crippen molar-refractivity contribution < 1.29 is 0 Å².